The van der Waals surface area contributed by atoms with Crippen molar-refractivity contribution in [3.05, 3.63) is 66.0 Å². The van der Waals surface area contributed by atoms with E-state index < -0.39 is 12.1 Å². The lowest BCUT2D eigenvalue weighted by Crippen LogP contribution is -2.48. The lowest BCUT2D eigenvalue weighted by atomic mass is 10.0. The molecular formula is C32H35F3N10O3. The van der Waals surface area contributed by atoms with Crippen LogP contribution in [0.4, 0.5) is 19.0 Å². The van der Waals surface area contributed by atoms with Crippen LogP contribution in [-0.2, 0) is 18.4 Å². The van der Waals surface area contributed by atoms with Crippen LogP contribution in [0.25, 0.3) is 22.3 Å². The van der Waals surface area contributed by atoms with Crippen molar-refractivity contribution in [2.24, 2.45) is 7.05 Å². The number of nitrogens with one attached hydrogen (secondary N) is 1. The van der Waals surface area contributed by atoms with E-state index in [1.807, 2.05) is 19.2 Å². The Morgan fingerprint density at radius 1 is 1.04 bits per heavy atom. The van der Waals surface area contributed by atoms with Gasteiger partial charge in [0, 0.05) is 57.7 Å². The molecular weight excluding hydrogens is 629 g/mol. The highest BCUT2D eigenvalue weighted by atomic mass is 19.4. The molecule has 1 saturated heterocycles. The van der Waals surface area contributed by atoms with Crippen molar-refractivity contribution in [1.82, 2.24) is 39.7 Å². The number of rotatable bonds is 7. The monoisotopic (exact) mass is 664 g/mol. The molecule has 2 aliphatic rings. The van der Waals surface area contributed by atoms with Gasteiger partial charge in [-0.2, -0.15) is 28.4 Å². The van der Waals surface area contributed by atoms with Gasteiger partial charge in [-0.15, -0.1) is 0 Å². The summed E-state index contributed by atoms with van der Waals surface area (Å²) >= 11 is 0. The minimum absolute atomic E-state index is 0.0353. The number of aromatic nitrogens is 5. The number of aryl methyl sites for hydroxylation is 1. The van der Waals surface area contributed by atoms with E-state index in [1.165, 1.54) is 5.56 Å². The van der Waals surface area contributed by atoms with E-state index in [2.05, 4.69) is 66.5 Å². The van der Waals surface area contributed by atoms with E-state index in [0.29, 0.717) is 22.5 Å². The number of aliphatic carboxylic acids is 1. The largest absolute Gasteiger partial charge is 0.490 e. The summed E-state index contributed by atoms with van der Waals surface area (Å²) in [5.41, 5.74) is 7.76. The van der Waals surface area contributed by atoms with Crippen LogP contribution >= 0.6 is 0 Å². The third-order valence-electron chi connectivity index (χ3n) is 8.31. The maximum atomic E-state index is 13.6. The average Bonchev–Trinajstić information content (AvgIpc) is 3.75. The quantitative estimate of drug-likeness (QED) is 0.277. The maximum absolute atomic E-state index is 13.6. The van der Waals surface area contributed by atoms with Gasteiger partial charge in [0.15, 0.2) is 17.0 Å². The summed E-state index contributed by atoms with van der Waals surface area (Å²) in [4.78, 5) is 45.0. The fourth-order valence-electron chi connectivity index (χ4n) is 5.65. The number of halogens is 3. The first-order valence-electron chi connectivity index (χ1n) is 15.4. The normalized spacial score (nSPS) is 15.8. The number of pyridine rings is 1. The van der Waals surface area contributed by atoms with Crippen molar-refractivity contribution in [2.75, 3.05) is 38.2 Å². The number of alkyl halides is 3. The molecule has 252 valence electrons. The maximum Gasteiger partial charge on any atom is 0.490 e. The first-order chi connectivity index (χ1) is 22.9. The number of fused-ring (bicyclic) bond motifs is 1. The van der Waals surface area contributed by atoms with Crippen LogP contribution in [0.2, 0.25) is 0 Å². The van der Waals surface area contributed by atoms with Crippen LogP contribution in [0.5, 0.6) is 0 Å². The van der Waals surface area contributed by atoms with Gasteiger partial charge in [-0.1, -0.05) is 37.1 Å². The predicted molar refractivity (Wildman–Crippen MR) is 169 cm³/mol. The molecule has 1 saturated carbocycles. The van der Waals surface area contributed by atoms with E-state index in [9.17, 15) is 23.2 Å². The fourth-order valence-corrected chi connectivity index (χ4v) is 5.65. The minimum Gasteiger partial charge on any atom is -0.475 e. The highest BCUT2D eigenvalue weighted by Gasteiger charge is 2.38. The Morgan fingerprint density at radius 3 is 2.33 bits per heavy atom. The van der Waals surface area contributed by atoms with Crippen LogP contribution in [0.3, 0.4) is 0 Å². The molecule has 2 fully saturated rings. The van der Waals surface area contributed by atoms with Crippen molar-refractivity contribution < 1.29 is 27.9 Å². The Bertz CT molecular complexity index is 1790. The molecule has 1 amide bonds. The number of amides is 1. The number of hydrogen-bond acceptors (Lipinski definition) is 10. The predicted octanol–water partition coefficient (Wildman–Crippen LogP) is 3.77. The second-order valence-electron chi connectivity index (χ2n) is 11.8. The molecule has 6 rings (SSSR count). The van der Waals surface area contributed by atoms with Crippen molar-refractivity contribution >= 4 is 28.9 Å². The molecule has 16 heteroatoms. The van der Waals surface area contributed by atoms with Crippen molar-refractivity contribution in [3.63, 3.8) is 0 Å². The zero-order chi connectivity index (χ0) is 34.4. The number of nitrogens with zero attached hydrogens (tertiary/aromatic N) is 9. The van der Waals surface area contributed by atoms with Crippen LogP contribution in [0.1, 0.15) is 47.4 Å². The number of piperazine rings is 1. The van der Waals surface area contributed by atoms with E-state index in [4.69, 9.17) is 9.90 Å². The number of nitriles is 1. The lowest BCUT2D eigenvalue weighted by Gasteiger charge is -2.32. The second-order valence-corrected chi connectivity index (χ2v) is 11.8. The van der Waals surface area contributed by atoms with Crippen molar-refractivity contribution in [1.29, 1.82) is 5.26 Å². The molecule has 0 spiro atoms. The molecule has 1 aliphatic carbocycles. The van der Waals surface area contributed by atoms with Gasteiger partial charge >= 0.3 is 12.1 Å². The smallest absolute Gasteiger partial charge is 0.475 e. The topological polar surface area (TPSA) is 156 Å². The molecule has 3 aromatic heterocycles. The Morgan fingerprint density at radius 2 is 1.71 bits per heavy atom. The molecule has 0 bridgehead atoms. The van der Waals surface area contributed by atoms with Crippen molar-refractivity contribution in [3.8, 4) is 17.2 Å². The van der Waals surface area contributed by atoms with Gasteiger partial charge in [0.25, 0.3) is 5.91 Å². The summed E-state index contributed by atoms with van der Waals surface area (Å²) in [6.07, 6.45) is 3.83. The van der Waals surface area contributed by atoms with Crippen LogP contribution in [-0.4, -0.2) is 96.7 Å². The summed E-state index contributed by atoms with van der Waals surface area (Å²) in [6.45, 7) is 5.29. The number of hydrogen-bond donors (Lipinski definition) is 2. The SMILES string of the molecule is CN1CCN(Cc2ccc(-c3cncc(C(=O)NN(c4nc(C#N)nc5c4ncn5C)C4CCCC4)c3)cc2)CC1.O=C(O)C(F)(F)F. The average molecular weight is 665 g/mol. The molecule has 1 aromatic carbocycles. The van der Waals surface area contributed by atoms with Gasteiger partial charge in [0.05, 0.1) is 17.9 Å². The van der Waals surface area contributed by atoms with Crippen LogP contribution < -0.4 is 10.4 Å². The standard InChI is InChI=1S/C30H34N10O.C2HF3O2/c1-37-11-13-39(14-12-37)19-21-7-9-22(10-8-21)23-15-24(18-32-17-23)30(41)36-40(25-5-3-4-6-25)29-27-28(38(2)20-33-27)34-26(16-31)35-29;3-2(4,5)1(6)7/h7-10,15,17-18,20,25H,3-6,11-14,19H2,1-2H3,(H,36,41);(H,6,7). The summed E-state index contributed by atoms with van der Waals surface area (Å²) in [6, 6.07) is 12.4. The molecule has 0 radical (unpaired) electrons. The summed E-state index contributed by atoms with van der Waals surface area (Å²) in [5, 5.41) is 18.5. The summed E-state index contributed by atoms with van der Waals surface area (Å²) < 4.78 is 33.5. The van der Waals surface area contributed by atoms with Gasteiger partial charge in [-0.25, -0.2) is 9.78 Å². The van der Waals surface area contributed by atoms with Crippen LogP contribution in [0.15, 0.2) is 49.1 Å². The Labute approximate surface area is 274 Å². The van der Waals surface area contributed by atoms with E-state index in [1.54, 1.807) is 28.3 Å². The Balaban J connectivity index is 0.000000582. The molecule has 0 atom stereocenters. The van der Waals surface area contributed by atoms with Gasteiger partial charge < -0.3 is 14.6 Å². The first-order valence-corrected chi connectivity index (χ1v) is 15.4. The number of carbonyl (C=O) groups excluding carboxylic acids is 1. The molecule has 0 unspecified atom stereocenters. The number of carboxylic acid groups (broad SMARTS) is 1. The molecule has 1 aliphatic heterocycles. The number of hydrazine groups is 1. The summed E-state index contributed by atoms with van der Waals surface area (Å²) in [7, 11) is 3.99. The number of anilines is 1. The summed E-state index contributed by atoms with van der Waals surface area (Å²) in [5.74, 6) is -2.58. The van der Waals surface area contributed by atoms with Gasteiger partial charge in [0.2, 0.25) is 5.82 Å². The highest BCUT2D eigenvalue weighted by Crippen LogP contribution is 2.30. The minimum atomic E-state index is -5.08. The Kier molecular flexibility index (Phi) is 10.5. The second kappa shape index (κ2) is 14.7. The molecule has 2 N–H and O–H groups in total. The number of likely N-dealkylation sites (N-methyl/N-ethyl adjacent to an activating group) is 1. The van der Waals surface area contributed by atoms with E-state index in [0.717, 1.165) is 69.5 Å². The van der Waals surface area contributed by atoms with Crippen molar-refractivity contribution in [2.45, 2.75) is 44.4 Å². The Hall–Kier alpha value is -5.14. The molecule has 13 nitrogen and oxygen atoms in total. The first kappa shape index (κ1) is 34.2. The highest BCUT2D eigenvalue weighted by molar-refractivity contribution is 5.97. The zero-order valence-corrected chi connectivity index (χ0v) is 26.5. The fraction of sp³-hybridized carbons (Fsp3) is 0.406. The van der Waals surface area contributed by atoms with E-state index in [-0.39, 0.29) is 17.8 Å². The molecule has 48 heavy (non-hydrogen) atoms. The van der Waals surface area contributed by atoms with Gasteiger partial charge in [-0.05, 0) is 37.1 Å². The number of carbonyl (C=O) groups is 2. The van der Waals surface area contributed by atoms with Gasteiger partial charge in [-0.3, -0.25) is 25.1 Å². The van der Waals surface area contributed by atoms with Crippen LogP contribution in [0, 0.1) is 11.3 Å². The molecule has 4 heterocycles. The molecule has 4 aromatic rings. The number of carboxylic acids is 1. The third-order valence-corrected chi connectivity index (χ3v) is 8.31. The number of benzene rings is 1. The lowest BCUT2D eigenvalue weighted by molar-refractivity contribution is -0.192. The number of imidazole rings is 1. The van der Waals surface area contributed by atoms with Gasteiger partial charge in [0.1, 0.15) is 6.07 Å². The third kappa shape index (κ3) is 8.22. The zero-order valence-electron chi connectivity index (χ0n) is 26.5. The van der Waals surface area contributed by atoms with E-state index >= 15 is 0 Å².